The van der Waals surface area contributed by atoms with Crippen LogP contribution < -0.4 is 5.76 Å². The lowest BCUT2D eigenvalue weighted by molar-refractivity contribution is 0.315. The summed E-state index contributed by atoms with van der Waals surface area (Å²) in [6.07, 6.45) is 3.69. The summed E-state index contributed by atoms with van der Waals surface area (Å²) in [7, 11) is 0. The third-order valence-corrected chi connectivity index (χ3v) is 2.99. The quantitative estimate of drug-likeness (QED) is 0.715. The Morgan fingerprint density at radius 1 is 1.21 bits per heavy atom. The minimum Gasteiger partial charge on any atom is -0.408 e. The highest BCUT2D eigenvalue weighted by Crippen LogP contribution is 2.11. The molecule has 0 atom stereocenters. The zero-order valence-electron chi connectivity index (χ0n) is 10.9. The van der Waals surface area contributed by atoms with Crippen molar-refractivity contribution in [1.82, 2.24) is 9.47 Å². The normalized spacial score (nSPS) is 11.0. The van der Waals surface area contributed by atoms with Gasteiger partial charge in [0.1, 0.15) is 0 Å². The number of benzene rings is 1. The van der Waals surface area contributed by atoms with Crippen molar-refractivity contribution in [2.45, 2.75) is 6.54 Å². The first-order valence-electron chi connectivity index (χ1n) is 6.28. The molecule has 0 spiro atoms. The lowest BCUT2D eigenvalue weighted by Crippen LogP contribution is -2.30. The average molecular weight is 258 g/mol. The molecule has 19 heavy (non-hydrogen) atoms. The Hall–Kier alpha value is -2.07. The Morgan fingerprint density at radius 3 is 2.58 bits per heavy atom. The van der Waals surface area contributed by atoms with Gasteiger partial charge in [-0.3, -0.25) is 9.47 Å². The van der Waals surface area contributed by atoms with E-state index < -0.39 is 0 Å². The predicted octanol–water partition coefficient (Wildman–Crippen LogP) is 2.27. The molecule has 0 saturated carbocycles. The largest absolute Gasteiger partial charge is 0.419 e. The Labute approximate surface area is 112 Å². The predicted molar refractivity (Wildman–Crippen MR) is 77.3 cm³/mol. The van der Waals surface area contributed by atoms with Gasteiger partial charge in [0.2, 0.25) is 0 Å². The van der Waals surface area contributed by atoms with E-state index in [9.17, 15) is 4.79 Å². The molecule has 1 aromatic carbocycles. The first kappa shape index (κ1) is 13.4. The van der Waals surface area contributed by atoms with E-state index in [0.717, 1.165) is 25.2 Å². The third kappa shape index (κ3) is 3.03. The summed E-state index contributed by atoms with van der Waals surface area (Å²) in [6, 6.07) is 7.46. The van der Waals surface area contributed by atoms with Crippen LogP contribution in [0.25, 0.3) is 11.1 Å². The minimum atomic E-state index is -0.307. The maximum absolute atomic E-state index is 11.8. The van der Waals surface area contributed by atoms with Gasteiger partial charge in [0.25, 0.3) is 0 Å². The summed E-state index contributed by atoms with van der Waals surface area (Å²) in [5.41, 5.74) is 1.47. The SMILES string of the molecule is C=CCN(CC=C)CCn1c(=O)oc2ccccc21. The molecule has 2 aromatic rings. The highest BCUT2D eigenvalue weighted by molar-refractivity contribution is 5.72. The molecule has 4 heteroatoms. The second-order valence-electron chi connectivity index (χ2n) is 4.32. The second-order valence-corrected chi connectivity index (χ2v) is 4.32. The van der Waals surface area contributed by atoms with Crippen LogP contribution in [0.5, 0.6) is 0 Å². The Kier molecular flexibility index (Phi) is 4.36. The molecule has 0 bridgehead atoms. The molecule has 0 aliphatic heterocycles. The molecular weight excluding hydrogens is 240 g/mol. The summed E-state index contributed by atoms with van der Waals surface area (Å²) in [5.74, 6) is -0.307. The number of hydrogen-bond acceptors (Lipinski definition) is 3. The van der Waals surface area contributed by atoms with E-state index in [1.54, 1.807) is 10.6 Å². The van der Waals surface area contributed by atoms with E-state index >= 15 is 0 Å². The maximum Gasteiger partial charge on any atom is 0.419 e. The highest BCUT2D eigenvalue weighted by Gasteiger charge is 2.09. The van der Waals surface area contributed by atoms with Gasteiger partial charge in [0.15, 0.2) is 5.58 Å². The molecule has 0 fully saturated rings. The van der Waals surface area contributed by atoms with Crippen LogP contribution in [0, 0.1) is 0 Å². The van der Waals surface area contributed by atoms with Crippen molar-refractivity contribution in [3.05, 3.63) is 60.1 Å². The fourth-order valence-electron chi connectivity index (χ4n) is 2.09. The van der Waals surface area contributed by atoms with Gasteiger partial charge >= 0.3 is 5.76 Å². The molecule has 0 radical (unpaired) electrons. The molecule has 0 N–H and O–H groups in total. The monoisotopic (exact) mass is 258 g/mol. The molecule has 0 aliphatic rings. The van der Waals surface area contributed by atoms with Crippen molar-refractivity contribution in [2.24, 2.45) is 0 Å². The molecule has 100 valence electrons. The molecule has 0 amide bonds. The number of nitrogens with zero attached hydrogens (tertiary/aromatic N) is 2. The van der Waals surface area contributed by atoms with Crippen LogP contribution in [-0.2, 0) is 6.54 Å². The number of hydrogen-bond donors (Lipinski definition) is 0. The van der Waals surface area contributed by atoms with Crippen molar-refractivity contribution in [3.8, 4) is 0 Å². The second kappa shape index (κ2) is 6.20. The van der Waals surface area contributed by atoms with Gasteiger partial charge in [-0.2, -0.15) is 0 Å². The average Bonchev–Trinajstić information content (AvgIpc) is 2.72. The summed E-state index contributed by atoms with van der Waals surface area (Å²) in [4.78, 5) is 14.0. The van der Waals surface area contributed by atoms with Gasteiger partial charge in [-0.1, -0.05) is 24.3 Å². The van der Waals surface area contributed by atoms with E-state index in [0.29, 0.717) is 12.1 Å². The minimum absolute atomic E-state index is 0.307. The van der Waals surface area contributed by atoms with Gasteiger partial charge in [0, 0.05) is 26.2 Å². The molecule has 1 heterocycles. The van der Waals surface area contributed by atoms with Crippen LogP contribution >= 0.6 is 0 Å². The summed E-state index contributed by atoms with van der Waals surface area (Å²) in [6.45, 7) is 10.4. The van der Waals surface area contributed by atoms with Gasteiger partial charge in [-0.05, 0) is 12.1 Å². The summed E-state index contributed by atoms with van der Waals surface area (Å²) in [5, 5.41) is 0. The van der Waals surface area contributed by atoms with Crippen molar-refractivity contribution >= 4 is 11.1 Å². The fourth-order valence-corrected chi connectivity index (χ4v) is 2.09. The van der Waals surface area contributed by atoms with Gasteiger partial charge in [0.05, 0.1) is 5.52 Å². The van der Waals surface area contributed by atoms with Gasteiger partial charge in [-0.15, -0.1) is 13.2 Å². The van der Waals surface area contributed by atoms with Crippen LogP contribution in [0.2, 0.25) is 0 Å². The Bertz CT molecular complexity index is 614. The Morgan fingerprint density at radius 2 is 1.89 bits per heavy atom. The number of aromatic nitrogens is 1. The Balaban J connectivity index is 2.16. The molecule has 0 unspecified atom stereocenters. The van der Waals surface area contributed by atoms with Crippen molar-refractivity contribution in [1.29, 1.82) is 0 Å². The summed E-state index contributed by atoms with van der Waals surface area (Å²) < 4.78 is 6.86. The van der Waals surface area contributed by atoms with Crippen molar-refractivity contribution < 1.29 is 4.42 Å². The van der Waals surface area contributed by atoms with Crippen LogP contribution in [0.3, 0.4) is 0 Å². The van der Waals surface area contributed by atoms with Crippen LogP contribution in [0.15, 0.2) is 58.8 Å². The third-order valence-electron chi connectivity index (χ3n) is 2.99. The van der Waals surface area contributed by atoms with E-state index in [4.69, 9.17) is 4.42 Å². The van der Waals surface area contributed by atoms with Crippen molar-refractivity contribution in [2.75, 3.05) is 19.6 Å². The van der Waals surface area contributed by atoms with Crippen LogP contribution in [-0.4, -0.2) is 29.1 Å². The van der Waals surface area contributed by atoms with Gasteiger partial charge < -0.3 is 4.42 Å². The number of fused-ring (bicyclic) bond motifs is 1. The molecule has 0 aliphatic carbocycles. The standard InChI is InChI=1S/C15H18N2O2/c1-3-9-16(10-4-2)11-12-17-13-7-5-6-8-14(13)19-15(17)18/h3-8H,1-2,9-12H2. The van der Waals surface area contributed by atoms with Crippen molar-refractivity contribution in [3.63, 3.8) is 0 Å². The number of rotatable bonds is 7. The fraction of sp³-hybridized carbons (Fsp3) is 0.267. The number of para-hydroxylation sites is 2. The lowest BCUT2D eigenvalue weighted by atomic mass is 10.3. The zero-order chi connectivity index (χ0) is 13.7. The molecule has 2 rings (SSSR count). The van der Waals surface area contributed by atoms with E-state index in [1.807, 2.05) is 30.4 Å². The van der Waals surface area contributed by atoms with Crippen LogP contribution in [0.4, 0.5) is 0 Å². The smallest absolute Gasteiger partial charge is 0.408 e. The molecule has 1 aromatic heterocycles. The van der Waals surface area contributed by atoms with E-state index in [2.05, 4.69) is 18.1 Å². The molecule has 0 saturated heterocycles. The van der Waals surface area contributed by atoms with Crippen LogP contribution in [0.1, 0.15) is 0 Å². The summed E-state index contributed by atoms with van der Waals surface area (Å²) >= 11 is 0. The zero-order valence-corrected chi connectivity index (χ0v) is 10.9. The van der Waals surface area contributed by atoms with E-state index in [1.165, 1.54) is 0 Å². The molecular formula is C15H18N2O2. The first-order valence-corrected chi connectivity index (χ1v) is 6.28. The number of oxazole rings is 1. The lowest BCUT2D eigenvalue weighted by Gasteiger charge is -2.18. The first-order chi connectivity index (χ1) is 9.26. The topological polar surface area (TPSA) is 38.4 Å². The van der Waals surface area contributed by atoms with E-state index in [-0.39, 0.29) is 5.76 Å². The maximum atomic E-state index is 11.8. The molecule has 4 nitrogen and oxygen atoms in total. The highest BCUT2D eigenvalue weighted by atomic mass is 16.4. The van der Waals surface area contributed by atoms with Gasteiger partial charge in [-0.25, -0.2) is 4.79 Å².